The SMILES string of the molecule is CCN(C)C=Nc1cc(C)c(Cc2ccc(C#N)cc2)cc1Cl. The second kappa shape index (κ2) is 7.80. The molecular formula is C19H20ClN3. The smallest absolute Gasteiger partial charge is 0.0991 e. The minimum atomic E-state index is 0.653. The van der Waals surface area contributed by atoms with E-state index in [2.05, 4.69) is 24.9 Å². The van der Waals surface area contributed by atoms with E-state index in [-0.39, 0.29) is 0 Å². The molecule has 0 aliphatic rings. The van der Waals surface area contributed by atoms with Gasteiger partial charge >= 0.3 is 0 Å². The number of aryl methyl sites for hydroxylation is 1. The van der Waals surface area contributed by atoms with E-state index in [0.29, 0.717) is 10.6 Å². The molecule has 0 unspecified atom stereocenters. The summed E-state index contributed by atoms with van der Waals surface area (Å²) in [4.78, 5) is 6.44. The molecular weight excluding hydrogens is 306 g/mol. The van der Waals surface area contributed by atoms with E-state index < -0.39 is 0 Å². The first-order valence-electron chi connectivity index (χ1n) is 7.56. The van der Waals surface area contributed by atoms with Crippen LogP contribution in [0, 0.1) is 18.3 Å². The molecule has 0 aliphatic carbocycles. The van der Waals surface area contributed by atoms with Crippen molar-refractivity contribution in [3.05, 3.63) is 63.7 Å². The van der Waals surface area contributed by atoms with Gasteiger partial charge in [-0.3, -0.25) is 0 Å². The van der Waals surface area contributed by atoms with E-state index in [1.54, 1.807) is 6.34 Å². The van der Waals surface area contributed by atoms with Crippen LogP contribution in [0.5, 0.6) is 0 Å². The fraction of sp³-hybridized carbons (Fsp3) is 0.263. The normalized spacial score (nSPS) is 10.7. The average Bonchev–Trinajstić information content (AvgIpc) is 2.57. The molecule has 2 aromatic rings. The lowest BCUT2D eigenvalue weighted by Crippen LogP contribution is -2.14. The summed E-state index contributed by atoms with van der Waals surface area (Å²) in [5.41, 5.74) is 4.94. The second-order valence-corrected chi connectivity index (χ2v) is 5.94. The number of rotatable bonds is 5. The summed E-state index contributed by atoms with van der Waals surface area (Å²) in [6.07, 6.45) is 2.58. The van der Waals surface area contributed by atoms with Gasteiger partial charge in [0.15, 0.2) is 0 Å². The molecule has 2 aromatic carbocycles. The molecule has 0 N–H and O–H groups in total. The Kier molecular flexibility index (Phi) is 5.78. The van der Waals surface area contributed by atoms with E-state index in [1.165, 1.54) is 5.56 Å². The van der Waals surface area contributed by atoms with Crippen LogP contribution >= 0.6 is 11.6 Å². The predicted octanol–water partition coefficient (Wildman–Crippen LogP) is 4.72. The molecule has 118 valence electrons. The molecule has 0 aromatic heterocycles. The van der Waals surface area contributed by atoms with E-state index in [1.807, 2.05) is 48.3 Å². The maximum atomic E-state index is 8.85. The Morgan fingerprint density at radius 2 is 1.96 bits per heavy atom. The quantitative estimate of drug-likeness (QED) is 0.589. The van der Waals surface area contributed by atoms with E-state index >= 15 is 0 Å². The molecule has 4 heteroatoms. The summed E-state index contributed by atoms with van der Waals surface area (Å²) in [7, 11) is 1.98. The molecule has 0 bridgehead atoms. The van der Waals surface area contributed by atoms with Crippen LogP contribution in [0.25, 0.3) is 0 Å². The number of nitrogens with zero attached hydrogens (tertiary/aromatic N) is 3. The van der Waals surface area contributed by atoms with Gasteiger partial charge < -0.3 is 4.90 Å². The van der Waals surface area contributed by atoms with Crippen molar-refractivity contribution in [2.75, 3.05) is 13.6 Å². The summed E-state index contributed by atoms with van der Waals surface area (Å²) < 4.78 is 0. The molecule has 0 radical (unpaired) electrons. The van der Waals surface area contributed by atoms with Crippen molar-refractivity contribution >= 4 is 23.6 Å². The van der Waals surface area contributed by atoms with Crippen molar-refractivity contribution in [1.29, 1.82) is 5.26 Å². The van der Waals surface area contributed by atoms with Crippen LogP contribution in [0.2, 0.25) is 5.02 Å². The summed E-state index contributed by atoms with van der Waals surface area (Å²) in [6, 6.07) is 13.8. The minimum Gasteiger partial charge on any atom is -0.366 e. The molecule has 0 saturated carbocycles. The molecule has 3 nitrogen and oxygen atoms in total. The van der Waals surface area contributed by atoms with Gasteiger partial charge in [0.1, 0.15) is 0 Å². The van der Waals surface area contributed by atoms with Gasteiger partial charge in [0, 0.05) is 13.6 Å². The number of benzene rings is 2. The topological polar surface area (TPSA) is 39.4 Å². The zero-order chi connectivity index (χ0) is 16.8. The molecule has 0 saturated heterocycles. The van der Waals surface area contributed by atoms with Crippen LogP contribution in [-0.2, 0) is 6.42 Å². The Labute approximate surface area is 142 Å². The van der Waals surface area contributed by atoms with Crippen LogP contribution in [-0.4, -0.2) is 24.8 Å². The highest BCUT2D eigenvalue weighted by Crippen LogP contribution is 2.29. The standard InChI is InChI=1S/C19H20ClN3/c1-4-23(3)13-22-19-9-14(2)17(11-18(19)20)10-15-5-7-16(12-21)8-6-15/h5-9,11,13H,4,10H2,1-3H3. The van der Waals surface area contributed by atoms with Crippen LogP contribution in [0.3, 0.4) is 0 Å². The number of hydrogen-bond acceptors (Lipinski definition) is 2. The van der Waals surface area contributed by atoms with Gasteiger partial charge in [-0.25, -0.2) is 4.99 Å². The van der Waals surface area contributed by atoms with Gasteiger partial charge in [0.25, 0.3) is 0 Å². The molecule has 0 heterocycles. The Hall–Kier alpha value is -2.31. The van der Waals surface area contributed by atoms with Crippen LogP contribution in [0.1, 0.15) is 29.2 Å². The zero-order valence-corrected chi connectivity index (χ0v) is 14.4. The molecule has 23 heavy (non-hydrogen) atoms. The fourth-order valence-electron chi connectivity index (χ4n) is 2.16. The first-order valence-corrected chi connectivity index (χ1v) is 7.93. The van der Waals surface area contributed by atoms with Gasteiger partial charge in [-0.2, -0.15) is 5.26 Å². The molecule has 2 rings (SSSR count). The lowest BCUT2D eigenvalue weighted by atomic mass is 9.99. The van der Waals surface area contributed by atoms with E-state index in [9.17, 15) is 0 Å². The van der Waals surface area contributed by atoms with Crippen molar-refractivity contribution in [1.82, 2.24) is 4.90 Å². The first-order chi connectivity index (χ1) is 11.0. The molecule has 0 fully saturated rings. The van der Waals surface area contributed by atoms with Crippen molar-refractivity contribution < 1.29 is 0 Å². The number of aliphatic imine (C=N–C) groups is 1. The largest absolute Gasteiger partial charge is 0.366 e. The summed E-state index contributed by atoms with van der Waals surface area (Å²) in [5, 5.41) is 9.51. The van der Waals surface area contributed by atoms with Crippen LogP contribution < -0.4 is 0 Å². The molecule has 0 amide bonds. The Balaban J connectivity index is 2.22. The van der Waals surface area contributed by atoms with Gasteiger partial charge in [0.05, 0.1) is 28.7 Å². The Bertz CT molecular complexity index is 742. The predicted molar refractivity (Wildman–Crippen MR) is 96.6 cm³/mol. The molecule has 0 atom stereocenters. The lowest BCUT2D eigenvalue weighted by Gasteiger charge is -2.11. The number of halogens is 1. The number of nitriles is 1. The maximum absolute atomic E-state index is 8.85. The lowest BCUT2D eigenvalue weighted by molar-refractivity contribution is 0.552. The third-order valence-electron chi connectivity index (χ3n) is 3.78. The third kappa shape index (κ3) is 4.58. The van der Waals surface area contributed by atoms with Crippen LogP contribution in [0.15, 0.2) is 41.4 Å². The first kappa shape index (κ1) is 17.1. The van der Waals surface area contributed by atoms with Gasteiger partial charge in [-0.1, -0.05) is 23.7 Å². The molecule has 0 aliphatic heterocycles. The Morgan fingerprint density at radius 1 is 1.26 bits per heavy atom. The zero-order valence-electron chi connectivity index (χ0n) is 13.7. The Morgan fingerprint density at radius 3 is 2.57 bits per heavy atom. The highest BCUT2D eigenvalue weighted by Gasteiger charge is 2.06. The second-order valence-electron chi connectivity index (χ2n) is 5.53. The van der Waals surface area contributed by atoms with Crippen molar-refractivity contribution in [2.45, 2.75) is 20.3 Å². The van der Waals surface area contributed by atoms with Gasteiger partial charge in [-0.15, -0.1) is 0 Å². The van der Waals surface area contributed by atoms with Crippen molar-refractivity contribution in [3.63, 3.8) is 0 Å². The van der Waals surface area contributed by atoms with Crippen molar-refractivity contribution in [2.24, 2.45) is 4.99 Å². The summed E-state index contributed by atoms with van der Waals surface area (Å²) in [5.74, 6) is 0. The monoisotopic (exact) mass is 325 g/mol. The summed E-state index contributed by atoms with van der Waals surface area (Å²) in [6.45, 7) is 5.04. The van der Waals surface area contributed by atoms with E-state index in [0.717, 1.165) is 29.8 Å². The van der Waals surface area contributed by atoms with Gasteiger partial charge in [-0.05, 0) is 61.2 Å². The highest BCUT2D eigenvalue weighted by molar-refractivity contribution is 6.33. The van der Waals surface area contributed by atoms with Gasteiger partial charge in [0.2, 0.25) is 0 Å². The van der Waals surface area contributed by atoms with Crippen LogP contribution in [0.4, 0.5) is 5.69 Å². The highest BCUT2D eigenvalue weighted by atomic mass is 35.5. The third-order valence-corrected chi connectivity index (χ3v) is 4.08. The summed E-state index contributed by atoms with van der Waals surface area (Å²) >= 11 is 6.37. The maximum Gasteiger partial charge on any atom is 0.0991 e. The van der Waals surface area contributed by atoms with E-state index in [4.69, 9.17) is 16.9 Å². The average molecular weight is 326 g/mol. The molecule has 0 spiro atoms. The van der Waals surface area contributed by atoms with Crippen molar-refractivity contribution in [3.8, 4) is 6.07 Å². The minimum absolute atomic E-state index is 0.653. The number of hydrogen-bond donors (Lipinski definition) is 0. The fourth-order valence-corrected chi connectivity index (χ4v) is 2.39.